The van der Waals surface area contributed by atoms with E-state index in [0.29, 0.717) is 25.0 Å². The molecular weight excluding hydrogens is 370 g/mol. The Hall–Kier alpha value is -1.69. The Balaban J connectivity index is 2.19. The van der Waals surface area contributed by atoms with Gasteiger partial charge >= 0.3 is 0 Å². The number of aliphatic hydroxyl groups excluding tert-OH is 1. The zero-order valence-electron chi connectivity index (χ0n) is 13.6. The first kappa shape index (κ1) is 19.6. The van der Waals surface area contributed by atoms with Crippen LogP contribution in [0.2, 0.25) is 5.28 Å². The molecule has 1 aromatic heterocycles. The van der Waals surface area contributed by atoms with Crippen LogP contribution in [-0.2, 0) is 9.37 Å². The summed E-state index contributed by atoms with van der Waals surface area (Å²) in [4.78, 5) is 15.1. The van der Waals surface area contributed by atoms with Gasteiger partial charge in [0, 0.05) is 23.7 Å². The third kappa shape index (κ3) is 5.66. The molecule has 136 valence electrons. The number of hydrogen-bond donors (Lipinski definition) is 3. The molecule has 0 unspecified atom stereocenters. The molecule has 0 fully saturated rings. The fourth-order valence-electron chi connectivity index (χ4n) is 2.06. The van der Waals surface area contributed by atoms with Crippen LogP contribution in [0, 0.1) is 6.92 Å². The summed E-state index contributed by atoms with van der Waals surface area (Å²) in [7, 11) is 0. The molecule has 1 aromatic carbocycles. The smallest absolute Gasteiger partial charge is 0.233 e. The summed E-state index contributed by atoms with van der Waals surface area (Å²) in [5, 5.41) is 24.0. The first-order valence-electron chi connectivity index (χ1n) is 7.37. The monoisotopic (exact) mass is 387 g/mol. The molecule has 0 aliphatic rings. The lowest BCUT2D eigenvalue weighted by Crippen LogP contribution is -2.28. The molecule has 0 saturated carbocycles. The summed E-state index contributed by atoms with van der Waals surface area (Å²) < 4.78 is 4.43. The van der Waals surface area contributed by atoms with Crippen molar-refractivity contribution in [3.05, 3.63) is 29.0 Å². The molecule has 0 aliphatic carbocycles. The molecule has 11 heteroatoms. The topological polar surface area (TPSA) is 113 Å². The van der Waals surface area contributed by atoms with E-state index >= 15 is 0 Å². The molecule has 2 rings (SSSR count). The minimum atomic E-state index is -0.0160. The normalized spacial score (nSPS) is 10.8. The SMILES string of the molecule is CCN(CCO)c1nc(Cl)nc(Nc2ccc(SOOO)c(C)c2)n1. The largest absolute Gasteiger partial charge is 0.395 e. The molecule has 1 heterocycles. The summed E-state index contributed by atoms with van der Waals surface area (Å²) in [5.41, 5.74) is 1.63. The van der Waals surface area contributed by atoms with Crippen molar-refractivity contribution in [2.24, 2.45) is 0 Å². The van der Waals surface area contributed by atoms with E-state index in [2.05, 4.69) is 29.6 Å². The highest BCUT2D eigenvalue weighted by Gasteiger charge is 2.12. The minimum absolute atomic E-state index is 0.0160. The number of nitrogens with one attached hydrogen (secondary N) is 1. The quantitative estimate of drug-likeness (QED) is 0.337. The first-order chi connectivity index (χ1) is 12.1. The van der Waals surface area contributed by atoms with E-state index < -0.39 is 0 Å². The van der Waals surface area contributed by atoms with Crippen LogP contribution in [0.25, 0.3) is 0 Å². The van der Waals surface area contributed by atoms with Crippen LogP contribution in [0.4, 0.5) is 17.6 Å². The number of rotatable bonds is 9. The average molecular weight is 388 g/mol. The van der Waals surface area contributed by atoms with Crippen molar-refractivity contribution in [1.82, 2.24) is 15.0 Å². The maximum absolute atomic E-state index is 9.12. The van der Waals surface area contributed by atoms with E-state index in [1.54, 1.807) is 17.0 Å². The van der Waals surface area contributed by atoms with E-state index in [0.717, 1.165) is 28.2 Å². The first-order valence-corrected chi connectivity index (χ1v) is 8.49. The molecule has 25 heavy (non-hydrogen) atoms. The lowest BCUT2D eigenvalue weighted by Gasteiger charge is -2.19. The second-order valence-electron chi connectivity index (χ2n) is 4.86. The number of likely N-dealkylation sites (N-methyl/N-ethyl adjacent to an activating group) is 1. The number of benzene rings is 1. The van der Waals surface area contributed by atoms with Crippen LogP contribution < -0.4 is 10.2 Å². The fraction of sp³-hybridized carbons (Fsp3) is 0.357. The van der Waals surface area contributed by atoms with Gasteiger partial charge in [-0.2, -0.15) is 15.0 Å². The number of halogens is 1. The van der Waals surface area contributed by atoms with Crippen molar-refractivity contribution in [3.8, 4) is 0 Å². The molecule has 0 spiro atoms. The molecule has 0 radical (unpaired) electrons. The highest BCUT2D eigenvalue weighted by molar-refractivity contribution is 7.94. The number of aryl methyl sites for hydroxylation is 1. The van der Waals surface area contributed by atoms with Crippen LogP contribution in [0.1, 0.15) is 12.5 Å². The zero-order valence-corrected chi connectivity index (χ0v) is 15.2. The van der Waals surface area contributed by atoms with Gasteiger partial charge in [-0.1, -0.05) is 5.04 Å². The van der Waals surface area contributed by atoms with Crippen molar-refractivity contribution in [3.63, 3.8) is 0 Å². The van der Waals surface area contributed by atoms with E-state index in [-0.39, 0.29) is 11.9 Å². The summed E-state index contributed by atoms with van der Waals surface area (Å²) in [6, 6.07) is 5.43. The molecule has 0 bridgehead atoms. The summed E-state index contributed by atoms with van der Waals surface area (Å²) in [6.07, 6.45) is 0. The van der Waals surface area contributed by atoms with Crippen LogP contribution >= 0.6 is 23.6 Å². The van der Waals surface area contributed by atoms with Gasteiger partial charge in [-0.3, -0.25) is 0 Å². The van der Waals surface area contributed by atoms with Gasteiger partial charge in [0.1, 0.15) is 0 Å². The second kappa shape index (κ2) is 9.70. The standard InChI is InChI=1S/C14H18ClN5O4S/c1-3-20(6-7-21)14-18-12(15)17-13(19-14)16-10-4-5-11(9(2)8-10)25-24-23-22/h4-5,8,21-22H,3,6-7H2,1-2H3,(H,16,17,18,19). The second-order valence-corrected chi connectivity index (χ2v) is 5.94. The Morgan fingerprint density at radius 2 is 2.12 bits per heavy atom. The van der Waals surface area contributed by atoms with Crippen molar-refractivity contribution in [1.29, 1.82) is 0 Å². The summed E-state index contributed by atoms with van der Waals surface area (Å²) in [6.45, 7) is 4.81. The molecule has 3 N–H and O–H groups in total. The maximum Gasteiger partial charge on any atom is 0.233 e. The number of aromatic nitrogens is 3. The molecule has 0 atom stereocenters. The number of hydrogen-bond acceptors (Lipinski definition) is 10. The molecule has 2 aromatic rings. The third-order valence-corrected chi connectivity index (χ3v) is 4.15. The fourth-order valence-corrected chi connectivity index (χ4v) is 2.63. The Kier molecular flexibility index (Phi) is 7.62. The number of aliphatic hydroxyl groups is 1. The molecule has 0 amide bonds. The molecule has 9 nitrogen and oxygen atoms in total. The number of anilines is 3. The predicted molar refractivity (Wildman–Crippen MR) is 94.9 cm³/mol. The highest BCUT2D eigenvalue weighted by Crippen LogP contribution is 2.27. The van der Waals surface area contributed by atoms with Gasteiger partial charge in [0.2, 0.25) is 17.2 Å². The van der Waals surface area contributed by atoms with Crippen LogP contribution in [0.3, 0.4) is 0 Å². The lowest BCUT2D eigenvalue weighted by atomic mass is 10.2. The lowest BCUT2D eigenvalue weighted by molar-refractivity contribution is -0.432. The predicted octanol–water partition coefficient (Wildman–Crippen LogP) is 2.82. The van der Waals surface area contributed by atoms with Gasteiger partial charge in [0.25, 0.3) is 0 Å². The highest BCUT2D eigenvalue weighted by atomic mass is 35.5. The van der Waals surface area contributed by atoms with Crippen LogP contribution in [-0.4, -0.2) is 45.0 Å². The minimum Gasteiger partial charge on any atom is -0.395 e. The van der Waals surface area contributed by atoms with E-state index in [1.165, 1.54) is 0 Å². The Morgan fingerprint density at radius 3 is 2.76 bits per heavy atom. The molecular formula is C14H18ClN5O4S. The third-order valence-electron chi connectivity index (χ3n) is 3.22. The summed E-state index contributed by atoms with van der Waals surface area (Å²) in [5.74, 6) is 0.678. The van der Waals surface area contributed by atoms with Crippen LogP contribution in [0.5, 0.6) is 0 Å². The van der Waals surface area contributed by atoms with Crippen molar-refractivity contribution >= 4 is 41.2 Å². The van der Waals surface area contributed by atoms with Gasteiger partial charge in [0.05, 0.1) is 18.6 Å². The van der Waals surface area contributed by atoms with Crippen molar-refractivity contribution < 1.29 is 19.7 Å². The van der Waals surface area contributed by atoms with Gasteiger partial charge < -0.3 is 15.3 Å². The van der Waals surface area contributed by atoms with E-state index in [1.807, 2.05) is 19.9 Å². The zero-order chi connectivity index (χ0) is 18.2. The van der Waals surface area contributed by atoms with Crippen LogP contribution in [0.15, 0.2) is 23.1 Å². The Labute approximate surface area is 154 Å². The van der Waals surface area contributed by atoms with Crippen molar-refractivity contribution in [2.45, 2.75) is 18.7 Å². The summed E-state index contributed by atoms with van der Waals surface area (Å²) >= 11 is 6.87. The number of nitrogens with zero attached hydrogens (tertiary/aromatic N) is 4. The van der Waals surface area contributed by atoms with Crippen molar-refractivity contribution in [2.75, 3.05) is 29.9 Å². The average Bonchev–Trinajstić information content (AvgIpc) is 2.58. The molecule has 0 aliphatic heterocycles. The van der Waals surface area contributed by atoms with E-state index in [9.17, 15) is 0 Å². The molecule has 0 saturated heterocycles. The van der Waals surface area contributed by atoms with Gasteiger partial charge in [-0.05, 0) is 49.2 Å². The van der Waals surface area contributed by atoms with Gasteiger partial charge in [0.15, 0.2) is 0 Å². The Bertz CT molecular complexity index is 709. The van der Waals surface area contributed by atoms with Gasteiger partial charge in [-0.25, -0.2) is 5.26 Å². The van der Waals surface area contributed by atoms with Gasteiger partial charge in [-0.15, -0.1) is 4.33 Å². The Morgan fingerprint density at radius 1 is 1.32 bits per heavy atom. The van der Waals surface area contributed by atoms with E-state index in [4.69, 9.17) is 22.0 Å². The maximum atomic E-state index is 9.12.